The van der Waals surface area contributed by atoms with Crippen LogP contribution in [0.2, 0.25) is 15.1 Å². The zero-order valence-corrected chi connectivity index (χ0v) is 28.2. The Morgan fingerprint density at radius 1 is 0.800 bits per heavy atom. The van der Waals surface area contributed by atoms with Crippen LogP contribution < -0.4 is 9.62 Å². The first-order valence-electron chi connectivity index (χ1n) is 14.2. The Kier molecular flexibility index (Phi) is 11.2. The molecule has 2 amide bonds. The van der Waals surface area contributed by atoms with Crippen LogP contribution in [0.25, 0.3) is 0 Å². The number of halogens is 3. The minimum absolute atomic E-state index is 0.0437. The maximum Gasteiger partial charge on any atom is 0.264 e. The topological polar surface area (TPSA) is 86.8 Å². The zero-order chi connectivity index (χ0) is 32.8. The van der Waals surface area contributed by atoms with Crippen LogP contribution in [0.15, 0.2) is 108 Å². The van der Waals surface area contributed by atoms with Crippen molar-refractivity contribution in [3.8, 4) is 0 Å². The maximum atomic E-state index is 14.5. The Balaban J connectivity index is 1.83. The summed E-state index contributed by atoms with van der Waals surface area (Å²) in [6.45, 7) is 4.89. The number of nitrogens with one attached hydrogen (secondary N) is 1. The van der Waals surface area contributed by atoms with Crippen LogP contribution in [0.5, 0.6) is 0 Å². The van der Waals surface area contributed by atoms with Gasteiger partial charge in [-0.15, -0.1) is 0 Å². The number of amides is 2. The first-order valence-corrected chi connectivity index (χ1v) is 16.7. The Labute approximate surface area is 279 Å². The lowest BCUT2D eigenvalue weighted by atomic mass is 10.0. The molecule has 4 aromatic carbocycles. The summed E-state index contributed by atoms with van der Waals surface area (Å²) < 4.78 is 29.1. The van der Waals surface area contributed by atoms with Gasteiger partial charge in [0.1, 0.15) is 12.6 Å². The number of carbonyl (C=O) groups excluding carboxylic acids is 2. The van der Waals surface area contributed by atoms with Gasteiger partial charge in [-0.1, -0.05) is 89.4 Å². The fourth-order valence-electron chi connectivity index (χ4n) is 4.71. The lowest BCUT2D eigenvalue weighted by Gasteiger charge is -2.35. The summed E-state index contributed by atoms with van der Waals surface area (Å²) in [5.41, 5.74) is 1.01. The number of anilines is 1. The second-order valence-corrected chi connectivity index (χ2v) is 14.6. The van der Waals surface area contributed by atoms with Crippen molar-refractivity contribution >= 4 is 62.3 Å². The summed E-state index contributed by atoms with van der Waals surface area (Å²) in [6, 6.07) is 27.2. The molecule has 0 aromatic heterocycles. The molecule has 1 N–H and O–H groups in total. The third kappa shape index (κ3) is 9.23. The van der Waals surface area contributed by atoms with Gasteiger partial charge in [0, 0.05) is 33.6 Å². The fraction of sp³-hybridized carbons (Fsp3) is 0.235. The van der Waals surface area contributed by atoms with E-state index in [-0.39, 0.29) is 34.5 Å². The maximum absolute atomic E-state index is 14.5. The van der Waals surface area contributed by atoms with E-state index in [0.29, 0.717) is 15.6 Å². The predicted octanol–water partition coefficient (Wildman–Crippen LogP) is 7.40. The molecule has 0 spiro atoms. The highest BCUT2D eigenvalue weighted by atomic mass is 35.5. The number of sulfonamides is 1. The molecule has 0 fully saturated rings. The Bertz CT molecular complexity index is 1740. The fourth-order valence-corrected chi connectivity index (χ4v) is 6.62. The largest absolute Gasteiger partial charge is 0.350 e. The van der Waals surface area contributed by atoms with Gasteiger partial charge in [-0.05, 0) is 80.4 Å². The molecule has 4 aromatic rings. The van der Waals surface area contributed by atoms with Crippen LogP contribution in [0.4, 0.5) is 5.69 Å². The van der Waals surface area contributed by atoms with Crippen LogP contribution in [-0.2, 0) is 32.6 Å². The number of hydrogen-bond donors (Lipinski definition) is 1. The zero-order valence-electron chi connectivity index (χ0n) is 25.1. The molecule has 0 saturated carbocycles. The highest BCUT2D eigenvalue weighted by molar-refractivity contribution is 7.92. The minimum atomic E-state index is -4.29. The van der Waals surface area contributed by atoms with E-state index in [2.05, 4.69) is 5.32 Å². The highest BCUT2D eigenvalue weighted by Gasteiger charge is 2.36. The molecule has 0 aliphatic heterocycles. The predicted molar refractivity (Wildman–Crippen MR) is 181 cm³/mol. The van der Waals surface area contributed by atoms with Crippen molar-refractivity contribution in [1.29, 1.82) is 0 Å². The lowest BCUT2D eigenvalue weighted by Crippen LogP contribution is -2.56. The van der Waals surface area contributed by atoms with E-state index in [1.54, 1.807) is 42.5 Å². The third-order valence-corrected chi connectivity index (χ3v) is 9.49. The van der Waals surface area contributed by atoms with Gasteiger partial charge < -0.3 is 10.2 Å². The van der Waals surface area contributed by atoms with E-state index in [4.69, 9.17) is 34.8 Å². The van der Waals surface area contributed by atoms with Crippen LogP contribution in [0.3, 0.4) is 0 Å². The van der Waals surface area contributed by atoms with E-state index >= 15 is 0 Å². The summed E-state index contributed by atoms with van der Waals surface area (Å²) in [5.74, 6) is -1.00. The molecule has 1 atom stereocenters. The van der Waals surface area contributed by atoms with Gasteiger partial charge in [-0.3, -0.25) is 13.9 Å². The molecule has 11 heteroatoms. The van der Waals surface area contributed by atoms with Crippen molar-refractivity contribution in [3.05, 3.63) is 129 Å². The molecule has 0 radical (unpaired) electrons. The second kappa shape index (κ2) is 14.7. The molecule has 45 heavy (non-hydrogen) atoms. The van der Waals surface area contributed by atoms with Crippen molar-refractivity contribution in [2.24, 2.45) is 0 Å². The quantitative estimate of drug-likeness (QED) is 0.178. The molecule has 0 unspecified atom stereocenters. The van der Waals surface area contributed by atoms with Gasteiger partial charge in [-0.2, -0.15) is 0 Å². The molecule has 0 saturated heterocycles. The van der Waals surface area contributed by atoms with E-state index in [1.807, 2.05) is 51.1 Å². The normalized spacial score (nSPS) is 12.3. The van der Waals surface area contributed by atoms with Crippen molar-refractivity contribution in [3.63, 3.8) is 0 Å². The number of nitrogens with zero attached hydrogens (tertiary/aromatic N) is 2. The molecule has 7 nitrogen and oxygen atoms in total. The number of rotatable bonds is 11. The van der Waals surface area contributed by atoms with Crippen molar-refractivity contribution in [2.75, 3.05) is 10.8 Å². The monoisotopic (exact) mass is 685 g/mol. The molecular formula is C34H34Cl3N3O4S. The first kappa shape index (κ1) is 34.3. The van der Waals surface area contributed by atoms with Gasteiger partial charge in [0.15, 0.2) is 0 Å². The second-order valence-electron chi connectivity index (χ2n) is 11.5. The van der Waals surface area contributed by atoms with Crippen molar-refractivity contribution < 1.29 is 18.0 Å². The van der Waals surface area contributed by atoms with Gasteiger partial charge in [0.25, 0.3) is 10.0 Å². The van der Waals surface area contributed by atoms with Crippen LogP contribution in [0.1, 0.15) is 31.9 Å². The summed E-state index contributed by atoms with van der Waals surface area (Å²) in [5, 5.41) is 4.06. The summed E-state index contributed by atoms with van der Waals surface area (Å²) >= 11 is 18.8. The molecule has 236 valence electrons. The van der Waals surface area contributed by atoms with Gasteiger partial charge in [-0.25, -0.2) is 8.42 Å². The summed E-state index contributed by atoms with van der Waals surface area (Å²) in [6.07, 6.45) is 0.181. The molecule has 0 bridgehead atoms. The molecule has 0 aliphatic carbocycles. The average Bonchev–Trinajstić information content (AvgIpc) is 2.98. The highest BCUT2D eigenvalue weighted by Crippen LogP contribution is 2.28. The van der Waals surface area contributed by atoms with Gasteiger partial charge in [0.05, 0.1) is 10.6 Å². The van der Waals surface area contributed by atoms with Gasteiger partial charge >= 0.3 is 0 Å². The summed E-state index contributed by atoms with van der Waals surface area (Å²) in [7, 11) is -4.29. The van der Waals surface area contributed by atoms with E-state index in [0.717, 1.165) is 9.87 Å². The molecular weight excluding hydrogens is 653 g/mol. The van der Waals surface area contributed by atoms with E-state index < -0.39 is 34.1 Å². The SMILES string of the molecule is CC(C)(C)NC(=O)[C@@H](Cc1ccccc1)N(Cc1ccccc1Cl)C(=O)CN(c1cccc(Cl)c1)S(=O)(=O)c1ccc(Cl)cc1. The average molecular weight is 687 g/mol. The van der Waals surface area contributed by atoms with Gasteiger partial charge in [0.2, 0.25) is 11.8 Å². The summed E-state index contributed by atoms with van der Waals surface area (Å²) in [4.78, 5) is 29.8. The van der Waals surface area contributed by atoms with E-state index in [1.165, 1.54) is 35.2 Å². The lowest BCUT2D eigenvalue weighted by molar-refractivity contribution is -0.140. The standard InChI is InChI=1S/C34H34Cl3N3O4S/c1-34(2,3)38-33(42)31(20-24-10-5-4-6-11-24)39(22-25-12-7-8-15-30(25)37)32(41)23-40(28-14-9-13-27(36)21-28)45(43,44)29-18-16-26(35)17-19-29/h4-19,21,31H,20,22-23H2,1-3H3,(H,38,42)/t31-/m1/s1. The van der Waals surface area contributed by atoms with Crippen LogP contribution in [0, 0.1) is 0 Å². The van der Waals surface area contributed by atoms with Crippen molar-refractivity contribution in [2.45, 2.75) is 50.2 Å². The minimum Gasteiger partial charge on any atom is -0.350 e. The van der Waals surface area contributed by atoms with Crippen LogP contribution in [-0.4, -0.2) is 43.3 Å². The third-order valence-electron chi connectivity index (χ3n) is 6.84. The Hall–Kier alpha value is -3.56. The Morgan fingerprint density at radius 2 is 1.44 bits per heavy atom. The number of benzene rings is 4. The smallest absolute Gasteiger partial charge is 0.264 e. The van der Waals surface area contributed by atoms with E-state index in [9.17, 15) is 18.0 Å². The van der Waals surface area contributed by atoms with Crippen LogP contribution >= 0.6 is 34.8 Å². The van der Waals surface area contributed by atoms with Crippen molar-refractivity contribution in [1.82, 2.24) is 10.2 Å². The number of carbonyl (C=O) groups is 2. The molecule has 0 aliphatic rings. The Morgan fingerprint density at radius 3 is 2.07 bits per heavy atom. The first-order chi connectivity index (χ1) is 21.2. The number of hydrogen-bond acceptors (Lipinski definition) is 4. The molecule has 0 heterocycles. The molecule has 4 rings (SSSR count).